The molecule has 1 aliphatic rings. The Morgan fingerprint density at radius 1 is 1.02 bits per heavy atom. The first kappa shape index (κ1) is 38.8. The summed E-state index contributed by atoms with van der Waals surface area (Å²) in [5.41, 5.74) is 6.89. The Morgan fingerprint density at radius 2 is 1.77 bits per heavy atom. The van der Waals surface area contributed by atoms with Crippen LogP contribution in [0.25, 0.3) is 38.3 Å². The number of H-pyrrole nitrogens is 1. The molecule has 0 unspecified atom stereocenters. The summed E-state index contributed by atoms with van der Waals surface area (Å²) in [6.07, 6.45) is 22.7. The number of pyridine rings is 1. The van der Waals surface area contributed by atoms with Crippen molar-refractivity contribution in [3.8, 4) is 21.8 Å². The van der Waals surface area contributed by atoms with Crippen LogP contribution in [0.4, 0.5) is 0 Å². The molecule has 1 aliphatic carbocycles. The summed E-state index contributed by atoms with van der Waals surface area (Å²) in [5, 5.41) is 5.23. The van der Waals surface area contributed by atoms with Crippen molar-refractivity contribution in [2.24, 2.45) is 11.8 Å². The number of carbonyl (C=O) groups excluding carboxylic acids is 1. The van der Waals surface area contributed by atoms with Crippen LogP contribution in [-0.4, -0.2) is 38.8 Å². The van der Waals surface area contributed by atoms with Crippen LogP contribution < -0.4 is 5.32 Å². The molecule has 3 heterocycles. The molecule has 0 bridgehead atoms. The van der Waals surface area contributed by atoms with E-state index < -0.39 is 0 Å². The molecule has 0 aliphatic heterocycles. The number of ketones is 1. The lowest BCUT2D eigenvalue weighted by molar-refractivity contribution is 0.102. The van der Waals surface area contributed by atoms with E-state index in [1.807, 2.05) is 25.1 Å². The number of carbonyl (C=O) groups is 1. The third-order valence-corrected chi connectivity index (χ3v) is 9.00. The normalized spacial score (nSPS) is 13.0. The van der Waals surface area contributed by atoms with Gasteiger partial charge in [0.05, 0.1) is 28.1 Å². The lowest BCUT2D eigenvalue weighted by Crippen LogP contribution is -2.15. The van der Waals surface area contributed by atoms with Crippen molar-refractivity contribution in [1.29, 1.82) is 0 Å². The Labute approximate surface area is 293 Å². The van der Waals surface area contributed by atoms with Gasteiger partial charge in [-0.25, -0.2) is 9.97 Å². The van der Waals surface area contributed by atoms with Crippen LogP contribution in [0.1, 0.15) is 115 Å². The van der Waals surface area contributed by atoms with Crippen LogP contribution in [0, 0.1) is 11.8 Å². The van der Waals surface area contributed by atoms with Gasteiger partial charge in [-0.3, -0.25) is 9.78 Å². The topological polar surface area (TPSA) is 83.6 Å². The van der Waals surface area contributed by atoms with Gasteiger partial charge < -0.3 is 10.3 Å². The van der Waals surface area contributed by atoms with Gasteiger partial charge in [0.2, 0.25) is 0 Å². The number of Topliss-reactive ketones (excluding diaryl/α,β-unsaturated/α-hetero) is 1. The van der Waals surface area contributed by atoms with E-state index in [1.54, 1.807) is 25.6 Å². The minimum Gasteiger partial charge on any atom is -0.344 e. The Hall–Kier alpha value is -3.68. The molecule has 0 amide bonds. The van der Waals surface area contributed by atoms with Gasteiger partial charge in [-0.1, -0.05) is 110 Å². The monoisotopic (exact) mass is 667 g/mol. The Kier molecular flexibility index (Phi) is 16.7. The zero-order chi connectivity index (χ0) is 34.9. The molecule has 6 nitrogen and oxygen atoms in total. The molecule has 0 spiro atoms. The average molecular weight is 668 g/mol. The molecule has 1 aromatic carbocycles. The number of aromatic nitrogens is 4. The fourth-order valence-corrected chi connectivity index (χ4v) is 5.93. The molecule has 1 saturated carbocycles. The molecule has 0 saturated heterocycles. The van der Waals surface area contributed by atoms with Crippen molar-refractivity contribution >= 4 is 33.6 Å². The summed E-state index contributed by atoms with van der Waals surface area (Å²) in [7, 11) is 0. The SMILES string of the molecule is C=C(C)/C=C\C=C(\c1nc[nH]c1-c1ccc2ncc(-c3ncc(C(C)=O)s3)cc2c1)C(C)C.CCC.CCCNCCCCCC1CC1. The maximum absolute atomic E-state index is 11.6. The third-order valence-electron chi connectivity index (χ3n) is 7.85. The first-order valence-electron chi connectivity index (χ1n) is 17.8. The summed E-state index contributed by atoms with van der Waals surface area (Å²) in [4.78, 5) is 29.3. The number of imidazole rings is 1. The Morgan fingerprint density at radius 3 is 2.42 bits per heavy atom. The second kappa shape index (κ2) is 20.6. The molecule has 4 aromatic rings. The molecule has 2 N–H and O–H groups in total. The van der Waals surface area contributed by atoms with E-state index in [2.05, 4.69) is 90.7 Å². The van der Waals surface area contributed by atoms with Gasteiger partial charge in [0.1, 0.15) is 5.01 Å². The van der Waals surface area contributed by atoms with Crippen LogP contribution >= 0.6 is 11.3 Å². The van der Waals surface area contributed by atoms with Gasteiger partial charge in [-0.15, -0.1) is 11.3 Å². The fraction of sp³-hybridized carbons (Fsp3) is 0.463. The predicted molar refractivity (Wildman–Crippen MR) is 208 cm³/mol. The molecule has 1 fully saturated rings. The highest BCUT2D eigenvalue weighted by Gasteiger charge is 2.20. The predicted octanol–water partition coefficient (Wildman–Crippen LogP) is 11.5. The molecule has 0 atom stereocenters. The highest BCUT2D eigenvalue weighted by Crippen LogP contribution is 2.34. The van der Waals surface area contributed by atoms with E-state index in [4.69, 9.17) is 0 Å². The molecule has 5 rings (SSSR count). The van der Waals surface area contributed by atoms with Gasteiger partial charge in [-0.05, 0) is 68.5 Å². The number of thiazole rings is 1. The van der Waals surface area contributed by atoms with E-state index in [1.165, 1.54) is 75.8 Å². The van der Waals surface area contributed by atoms with E-state index >= 15 is 0 Å². The second-order valence-corrected chi connectivity index (χ2v) is 14.1. The van der Waals surface area contributed by atoms with Gasteiger partial charge in [0.15, 0.2) is 5.78 Å². The highest BCUT2D eigenvalue weighted by molar-refractivity contribution is 7.16. The standard InChI is InChI=1S/C27H26N4OS.C11H23N.C3H8/c1-16(2)7-6-8-22(17(3)4)26-25(30-15-31-26)19-9-10-23-20(11-19)12-21(13-28-23)27-29-14-24(33-27)18(5)32;1-2-9-12-10-5-3-4-6-11-7-8-11;1-3-2/h6-15,17H,1H2,2-5H3,(H,30,31);11-12H,2-10H2,1H3;3H2,1-2H3/b7-6-,22-8+;;. The third kappa shape index (κ3) is 12.7. The van der Waals surface area contributed by atoms with Gasteiger partial charge in [0, 0.05) is 35.8 Å². The molecule has 258 valence electrons. The summed E-state index contributed by atoms with van der Waals surface area (Å²) in [6.45, 7) is 20.7. The highest BCUT2D eigenvalue weighted by atomic mass is 32.1. The second-order valence-electron chi connectivity index (χ2n) is 13.1. The minimum atomic E-state index is 0.0219. The van der Waals surface area contributed by atoms with Gasteiger partial charge in [0.25, 0.3) is 0 Å². The van der Waals surface area contributed by atoms with Crippen LogP contribution in [0.3, 0.4) is 0 Å². The number of hydrogen-bond acceptors (Lipinski definition) is 6. The van der Waals surface area contributed by atoms with Crippen LogP contribution in [-0.2, 0) is 0 Å². The van der Waals surface area contributed by atoms with Gasteiger partial charge in [-0.2, -0.15) is 0 Å². The van der Waals surface area contributed by atoms with Crippen molar-refractivity contribution in [3.63, 3.8) is 0 Å². The van der Waals surface area contributed by atoms with Crippen LogP contribution in [0.15, 0.2) is 73.4 Å². The molecular formula is C41H57N5OS. The number of hydrogen-bond donors (Lipinski definition) is 2. The number of rotatable bonds is 15. The first-order valence-corrected chi connectivity index (χ1v) is 18.6. The summed E-state index contributed by atoms with van der Waals surface area (Å²) in [6, 6.07) is 8.26. The van der Waals surface area contributed by atoms with E-state index in [-0.39, 0.29) is 5.78 Å². The Bertz CT molecular complexity index is 1640. The lowest BCUT2D eigenvalue weighted by atomic mass is 9.95. The number of allylic oxidation sites excluding steroid dienone is 5. The number of fused-ring (bicyclic) bond motifs is 1. The number of benzene rings is 1. The van der Waals surface area contributed by atoms with Crippen LogP contribution in [0.5, 0.6) is 0 Å². The molecular weight excluding hydrogens is 611 g/mol. The van der Waals surface area contributed by atoms with Crippen molar-refractivity contribution in [1.82, 2.24) is 25.3 Å². The molecule has 3 aromatic heterocycles. The number of unbranched alkanes of at least 4 members (excludes halogenated alkanes) is 2. The smallest absolute Gasteiger partial charge is 0.171 e. The van der Waals surface area contributed by atoms with E-state index in [0.717, 1.165) is 55.5 Å². The van der Waals surface area contributed by atoms with Crippen molar-refractivity contribution in [2.75, 3.05) is 13.1 Å². The quantitative estimate of drug-likeness (QED) is 0.0749. The van der Waals surface area contributed by atoms with Crippen molar-refractivity contribution in [2.45, 2.75) is 99.8 Å². The molecule has 0 radical (unpaired) electrons. The minimum absolute atomic E-state index is 0.0219. The molecule has 48 heavy (non-hydrogen) atoms. The van der Waals surface area contributed by atoms with Crippen molar-refractivity contribution in [3.05, 3.63) is 83.9 Å². The zero-order valence-corrected chi connectivity index (χ0v) is 31.2. The Balaban J connectivity index is 0.000000347. The summed E-state index contributed by atoms with van der Waals surface area (Å²) >= 11 is 1.39. The largest absolute Gasteiger partial charge is 0.344 e. The van der Waals surface area contributed by atoms with Crippen molar-refractivity contribution < 1.29 is 4.79 Å². The zero-order valence-electron chi connectivity index (χ0n) is 30.4. The summed E-state index contributed by atoms with van der Waals surface area (Å²) < 4.78 is 0. The number of nitrogens with one attached hydrogen (secondary N) is 2. The lowest BCUT2D eigenvalue weighted by Gasteiger charge is -2.11. The van der Waals surface area contributed by atoms with Crippen LogP contribution in [0.2, 0.25) is 0 Å². The average Bonchev–Trinajstić information content (AvgIpc) is 3.52. The maximum Gasteiger partial charge on any atom is 0.171 e. The maximum atomic E-state index is 11.6. The van der Waals surface area contributed by atoms with E-state index in [9.17, 15) is 4.79 Å². The number of aromatic amines is 1. The number of nitrogens with zero attached hydrogens (tertiary/aromatic N) is 3. The fourth-order valence-electron chi connectivity index (χ4n) is 5.14. The molecule has 7 heteroatoms. The van der Waals surface area contributed by atoms with Gasteiger partial charge >= 0.3 is 0 Å². The summed E-state index contributed by atoms with van der Waals surface area (Å²) in [5.74, 6) is 1.46. The first-order chi connectivity index (χ1) is 23.2. The van der Waals surface area contributed by atoms with E-state index in [0.29, 0.717) is 10.8 Å².